The van der Waals surface area contributed by atoms with E-state index in [2.05, 4.69) is 17.2 Å². The van der Waals surface area contributed by atoms with Crippen molar-refractivity contribution in [1.82, 2.24) is 10.3 Å². The molecule has 0 unspecified atom stereocenters. The van der Waals surface area contributed by atoms with Gasteiger partial charge in [0.15, 0.2) is 0 Å². The highest BCUT2D eigenvalue weighted by Gasteiger charge is 2.11. The van der Waals surface area contributed by atoms with Gasteiger partial charge in [0, 0.05) is 12.7 Å². The summed E-state index contributed by atoms with van der Waals surface area (Å²) in [4.78, 5) is 25.5. The number of hydrogen-bond acceptors (Lipinski definition) is 2. The predicted molar refractivity (Wildman–Crippen MR) is 59.2 cm³/mol. The number of aromatic nitrogens is 1. The number of nitrogens with one attached hydrogen (secondary N) is 2. The fraction of sp³-hybridized carbons (Fsp3) is 0.455. The van der Waals surface area contributed by atoms with E-state index in [1.54, 1.807) is 6.07 Å². The number of aromatic amines is 1. The van der Waals surface area contributed by atoms with E-state index >= 15 is 0 Å². The summed E-state index contributed by atoms with van der Waals surface area (Å²) in [5, 5.41) is 2.45. The molecule has 2 N–H and O–H groups in total. The second-order valence-electron chi connectivity index (χ2n) is 3.49. The third-order valence-electron chi connectivity index (χ3n) is 2.34. The molecule has 15 heavy (non-hydrogen) atoms. The highest BCUT2D eigenvalue weighted by Crippen LogP contribution is 2.07. The minimum absolute atomic E-state index is 0.187. The Morgan fingerprint density at radius 1 is 1.53 bits per heavy atom. The Labute approximate surface area is 88.7 Å². The minimum Gasteiger partial charge on any atom is -0.355 e. The SMILES string of the molecule is CCCc1cc(C(=O)NC)c(=O)[nH]c1C. The summed E-state index contributed by atoms with van der Waals surface area (Å²) in [6.45, 7) is 3.91. The fourth-order valence-electron chi connectivity index (χ4n) is 1.50. The first-order chi connectivity index (χ1) is 7.10. The number of H-pyrrole nitrogens is 1. The molecule has 0 bridgehead atoms. The molecular formula is C11H16N2O2. The average Bonchev–Trinajstić information content (AvgIpc) is 2.21. The smallest absolute Gasteiger partial charge is 0.261 e. The van der Waals surface area contributed by atoms with Gasteiger partial charge < -0.3 is 10.3 Å². The van der Waals surface area contributed by atoms with Crippen molar-refractivity contribution in [3.05, 3.63) is 33.2 Å². The third-order valence-corrected chi connectivity index (χ3v) is 2.34. The lowest BCUT2D eigenvalue weighted by atomic mass is 10.1. The normalized spacial score (nSPS) is 10.1. The van der Waals surface area contributed by atoms with Crippen LogP contribution in [-0.4, -0.2) is 17.9 Å². The predicted octanol–water partition coefficient (Wildman–Crippen LogP) is 0.995. The molecule has 1 heterocycles. The standard InChI is InChI=1S/C11H16N2O2/c1-4-5-8-6-9(10(14)12-3)11(15)13-7(8)2/h6H,4-5H2,1-3H3,(H,12,14)(H,13,15). The lowest BCUT2D eigenvalue weighted by Gasteiger charge is -2.06. The molecule has 4 nitrogen and oxygen atoms in total. The van der Waals surface area contributed by atoms with E-state index in [0.29, 0.717) is 0 Å². The Kier molecular flexibility index (Phi) is 3.66. The molecule has 0 atom stereocenters. The third kappa shape index (κ3) is 2.46. The molecule has 1 aromatic heterocycles. The van der Waals surface area contributed by atoms with Gasteiger partial charge in [-0.25, -0.2) is 0 Å². The van der Waals surface area contributed by atoms with E-state index in [1.165, 1.54) is 7.05 Å². The Balaban J connectivity index is 3.23. The largest absolute Gasteiger partial charge is 0.355 e. The second kappa shape index (κ2) is 4.77. The van der Waals surface area contributed by atoms with Gasteiger partial charge in [0.1, 0.15) is 5.56 Å². The van der Waals surface area contributed by atoms with E-state index in [-0.39, 0.29) is 17.0 Å². The van der Waals surface area contributed by atoms with E-state index in [4.69, 9.17) is 0 Å². The van der Waals surface area contributed by atoms with Gasteiger partial charge in [-0.3, -0.25) is 9.59 Å². The summed E-state index contributed by atoms with van der Waals surface area (Å²) < 4.78 is 0. The first-order valence-corrected chi connectivity index (χ1v) is 5.05. The van der Waals surface area contributed by atoms with Crippen LogP contribution in [0.15, 0.2) is 10.9 Å². The van der Waals surface area contributed by atoms with Gasteiger partial charge in [-0.05, 0) is 25.0 Å². The maximum atomic E-state index is 11.5. The quantitative estimate of drug-likeness (QED) is 0.778. The Morgan fingerprint density at radius 3 is 2.73 bits per heavy atom. The lowest BCUT2D eigenvalue weighted by molar-refractivity contribution is 0.0961. The van der Waals surface area contributed by atoms with Gasteiger partial charge >= 0.3 is 0 Å². The van der Waals surface area contributed by atoms with Gasteiger partial charge in [0.05, 0.1) is 0 Å². The van der Waals surface area contributed by atoms with Crippen LogP contribution in [0.3, 0.4) is 0 Å². The number of pyridine rings is 1. The van der Waals surface area contributed by atoms with Crippen molar-refractivity contribution in [3.63, 3.8) is 0 Å². The summed E-state index contributed by atoms with van der Waals surface area (Å²) in [7, 11) is 1.52. The molecule has 1 amide bonds. The number of amides is 1. The number of rotatable bonds is 3. The Bertz CT molecular complexity index is 421. The van der Waals surface area contributed by atoms with Crippen LogP contribution in [0.1, 0.15) is 35.0 Å². The van der Waals surface area contributed by atoms with Crippen molar-refractivity contribution >= 4 is 5.91 Å². The van der Waals surface area contributed by atoms with E-state index in [0.717, 1.165) is 24.1 Å². The Morgan fingerprint density at radius 2 is 2.20 bits per heavy atom. The molecule has 4 heteroatoms. The zero-order chi connectivity index (χ0) is 11.4. The van der Waals surface area contributed by atoms with Crippen molar-refractivity contribution in [2.45, 2.75) is 26.7 Å². The van der Waals surface area contributed by atoms with E-state index in [9.17, 15) is 9.59 Å². The fourth-order valence-corrected chi connectivity index (χ4v) is 1.50. The van der Waals surface area contributed by atoms with Crippen molar-refractivity contribution in [2.75, 3.05) is 7.05 Å². The minimum atomic E-state index is -0.339. The van der Waals surface area contributed by atoms with Crippen LogP contribution >= 0.6 is 0 Å². The molecule has 82 valence electrons. The van der Waals surface area contributed by atoms with Crippen LogP contribution in [0.5, 0.6) is 0 Å². The van der Waals surface area contributed by atoms with Crippen molar-refractivity contribution < 1.29 is 4.79 Å². The van der Waals surface area contributed by atoms with Gasteiger partial charge in [-0.1, -0.05) is 13.3 Å². The molecule has 0 fully saturated rings. The zero-order valence-electron chi connectivity index (χ0n) is 9.31. The molecule has 0 radical (unpaired) electrons. The summed E-state index contributed by atoms with van der Waals surface area (Å²) >= 11 is 0. The Hall–Kier alpha value is -1.58. The molecule has 0 aliphatic carbocycles. The molecule has 1 aromatic rings. The summed E-state index contributed by atoms with van der Waals surface area (Å²) in [6.07, 6.45) is 1.85. The van der Waals surface area contributed by atoms with Crippen LogP contribution in [0.4, 0.5) is 0 Å². The summed E-state index contributed by atoms with van der Waals surface area (Å²) in [5.74, 6) is -0.339. The second-order valence-corrected chi connectivity index (χ2v) is 3.49. The monoisotopic (exact) mass is 208 g/mol. The lowest BCUT2D eigenvalue weighted by Crippen LogP contribution is -2.27. The van der Waals surface area contributed by atoms with Crippen LogP contribution in [-0.2, 0) is 6.42 Å². The molecule has 0 saturated heterocycles. The molecule has 0 aromatic carbocycles. The van der Waals surface area contributed by atoms with Gasteiger partial charge in [0.25, 0.3) is 11.5 Å². The van der Waals surface area contributed by atoms with E-state index < -0.39 is 0 Å². The first kappa shape index (κ1) is 11.5. The highest BCUT2D eigenvalue weighted by molar-refractivity contribution is 5.93. The van der Waals surface area contributed by atoms with E-state index in [1.807, 2.05) is 6.92 Å². The number of hydrogen-bond donors (Lipinski definition) is 2. The van der Waals surface area contributed by atoms with Crippen LogP contribution in [0.25, 0.3) is 0 Å². The number of aryl methyl sites for hydroxylation is 2. The van der Waals surface area contributed by atoms with Crippen LogP contribution in [0.2, 0.25) is 0 Å². The van der Waals surface area contributed by atoms with Gasteiger partial charge in [-0.2, -0.15) is 0 Å². The maximum Gasteiger partial charge on any atom is 0.261 e. The topological polar surface area (TPSA) is 62.0 Å². The molecule has 0 aliphatic heterocycles. The average molecular weight is 208 g/mol. The van der Waals surface area contributed by atoms with Gasteiger partial charge in [0.2, 0.25) is 0 Å². The van der Waals surface area contributed by atoms with Crippen LogP contribution < -0.4 is 10.9 Å². The number of carbonyl (C=O) groups is 1. The van der Waals surface area contributed by atoms with Crippen molar-refractivity contribution in [3.8, 4) is 0 Å². The molecule has 1 rings (SSSR count). The molecule has 0 spiro atoms. The van der Waals surface area contributed by atoms with Crippen molar-refractivity contribution in [2.24, 2.45) is 0 Å². The molecule has 0 aliphatic rings. The molecular weight excluding hydrogens is 192 g/mol. The van der Waals surface area contributed by atoms with Crippen molar-refractivity contribution in [1.29, 1.82) is 0 Å². The maximum absolute atomic E-state index is 11.5. The summed E-state index contributed by atoms with van der Waals surface area (Å²) in [6, 6.07) is 1.68. The highest BCUT2D eigenvalue weighted by atomic mass is 16.2. The summed E-state index contributed by atoms with van der Waals surface area (Å²) in [5.41, 5.74) is 1.73. The van der Waals surface area contributed by atoms with Gasteiger partial charge in [-0.15, -0.1) is 0 Å². The first-order valence-electron chi connectivity index (χ1n) is 5.05. The van der Waals surface area contributed by atoms with Crippen LogP contribution in [0, 0.1) is 6.92 Å². The number of carbonyl (C=O) groups excluding carboxylic acids is 1. The molecule has 0 saturated carbocycles. The zero-order valence-corrected chi connectivity index (χ0v) is 9.31.